The molecule has 0 heterocycles. The molecule has 2 aromatic rings. The normalized spacial score (nSPS) is 14.6. The van der Waals surface area contributed by atoms with Crippen molar-refractivity contribution >= 4 is 33.4 Å². The van der Waals surface area contributed by atoms with Crippen LogP contribution in [-0.4, -0.2) is 68.2 Å². The molecule has 13 heteroatoms. The molecule has 2 rings (SSSR count). The van der Waals surface area contributed by atoms with Crippen LogP contribution in [0.4, 0.5) is 5.69 Å². The fourth-order valence-corrected chi connectivity index (χ4v) is 6.45. The van der Waals surface area contributed by atoms with Crippen LogP contribution >= 0.6 is 0 Å². The summed E-state index contributed by atoms with van der Waals surface area (Å²) in [5.41, 5.74) is -1.06. The van der Waals surface area contributed by atoms with Gasteiger partial charge in [-0.05, 0) is 36.9 Å². The van der Waals surface area contributed by atoms with Gasteiger partial charge in [0.2, 0.25) is 11.8 Å². The number of hydrogen-bond acceptors (Lipinski definition) is 8. The molecule has 3 unspecified atom stereocenters. The molecule has 0 bridgehead atoms. The van der Waals surface area contributed by atoms with E-state index >= 15 is 0 Å². The van der Waals surface area contributed by atoms with Crippen molar-refractivity contribution in [1.29, 1.82) is 0 Å². The Balaban J connectivity index is 2.36. The third kappa shape index (κ3) is 9.00. The zero-order valence-corrected chi connectivity index (χ0v) is 29.1. The molecule has 0 saturated heterocycles. The van der Waals surface area contributed by atoms with Crippen LogP contribution in [0.5, 0.6) is 0 Å². The van der Waals surface area contributed by atoms with E-state index in [1.165, 1.54) is 30.0 Å². The van der Waals surface area contributed by atoms with Gasteiger partial charge in [0, 0.05) is 24.1 Å². The lowest BCUT2D eigenvalue weighted by Crippen LogP contribution is -2.61. The molecule has 0 spiro atoms. The standard InChI is InChI=1S/C33H47N5O7S/c1-21(2)25(20-22(3)29(39)36-46(44,45)26-19-15-14-18-24(26)38(42)43)37(10)31(41)28(32(4,5)6)35-30(40)27(34-9)33(7,8)23-16-12-11-13-17-23/h11-21,25,27-28,34H,1-10H3,(H,35,40)(H,36,39). The minimum atomic E-state index is -4.58. The van der Waals surface area contributed by atoms with Gasteiger partial charge in [0.15, 0.2) is 4.90 Å². The first kappa shape index (κ1) is 38.1. The van der Waals surface area contributed by atoms with Gasteiger partial charge >= 0.3 is 0 Å². The average molecular weight is 658 g/mol. The minimum Gasteiger partial charge on any atom is -0.342 e. The number of para-hydroxylation sites is 1. The maximum Gasteiger partial charge on any atom is 0.289 e. The van der Waals surface area contributed by atoms with Crippen LogP contribution in [0.1, 0.15) is 61.0 Å². The highest BCUT2D eigenvalue weighted by Crippen LogP contribution is 2.29. The van der Waals surface area contributed by atoms with Crippen LogP contribution in [0.25, 0.3) is 0 Å². The first-order chi connectivity index (χ1) is 21.2. The van der Waals surface area contributed by atoms with Crippen molar-refractivity contribution < 1.29 is 27.7 Å². The van der Waals surface area contributed by atoms with E-state index < -0.39 is 66.3 Å². The van der Waals surface area contributed by atoms with Gasteiger partial charge in [-0.25, -0.2) is 13.1 Å². The number of likely N-dealkylation sites (N-methyl/N-ethyl adjacent to an activating group) is 2. The van der Waals surface area contributed by atoms with Crippen LogP contribution < -0.4 is 15.4 Å². The summed E-state index contributed by atoms with van der Waals surface area (Å²) in [6.45, 7) is 14.5. The molecule has 0 aliphatic heterocycles. The summed E-state index contributed by atoms with van der Waals surface area (Å²) in [6, 6.07) is 12.0. The van der Waals surface area contributed by atoms with E-state index in [0.717, 1.165) is 17.7 Å². The van der Waals surface area contributed by atoms with Crippen LogP contribution in [0.2, 0.25) is 0 Å². The minimum absolute atomic E-state index is 0.0169. The molecule has 3 N–H and O–H groups in total. The van der Waals surface area contributed by atoms with E-state index in [2.05, 4.69) is 10.6 Å². The molecular weight excluding hydrogens is 610 g/mol. The van der Waals surface area contributed by atoms with E-state index in [1.54, 1.807) is 14.1 Å². The van der Waals surface area contributed by atoms with Crippen molar-refractivity contribution in [2.24, 2.45) is 11.3 Å². The summed E-state index contributed by atoms with van der Waals surface area (Å²) in [6.07, 6.45) is 1.48. The summed E-state index contributed by atoms with van der Waals surface area (Å²) in [7, 11) is -1.32. The van der Waals surface area contributed by atoms with Gasteiger partial charge in [0.05, 0.1) is 17.0 Å². The van der Waals surface area contributed by atoms with Gasteiger partial charge in [-0.1, -0.05) is 97.0 Å². The number of nitrogens with zero attached hydrogens (tertiary/aromatic N) is 2. The molecule has 0 radical (unpaired) electrons. The Hall–Kier alpha value is -4.10. The Bertz CT molecular complexity index is 1560. The number of rotatable bonds is 13. The second kappa shape index (κ2) is 15.0. The fraction of sp³-hybridized carbons (Fsp3) is 0.485. The number of nitro groups is 1. The largest absolute Gasteiger partial charge is 0.342 e. The van der Waals surface area contributed by atoms with Crippen LogP contribution in [0.15, 0.2) is 71.1 Å². The van der Waals surface area contributed by atoms with Gasteiger partial charge in [0.1, 0.15) is 6.04 Å². The zero-order valence-electron chi connectivity index (χ0n) is 28.2. The smallest absolute Gasteiger partial charge is 0.289 e. The highest BCUT2D eigenvalue weighted by Gasteiger charge is 2.41. The monoisotopic (exact) mass is 657 g/mol. The number of amides is 3. The molecule has 0 aromatic heterocycles. The number of benzene rings is 2. The lowest BCUT2D eigenvalue weighted by atomic mass is 9.76. The molecule has 0 aliphatic rings. The van der Waals surface area contributed by atoms with Crippen LogP contribution in [-0.2, 0) is 29.8 Å². The fourth-order valence-electron chi connectivity index (χ4n) is 5.25. The number of nitro benzene ring substituents is 1. The van der Waals surface area contributed by atoms with Crippen molar-refractivity contribution in [1.82, 2.24) is 20.3 Å². The number of sulfonamides is 1. The van der Waals surface area contributed by atoms with Crippen molar-refractivity contribution in [3.8, 4) is 0 Å². The second-order valence-corrected chi connectivity index (χ2v) is 15.0. The molecule has 2 aromatic carbocycles. The summed E-state index contributed by atoms with van der Waals surface area (Å²) in [5.74, 6) is -1.97. The van der Waals surface area contributed by atoms with E-state index in [-0.39, 0.29) is 17.4 Å². The first-order valence-corrected chi connectivity index (χ1v) is 16.4. The average Bonchev–Trinajstić information content (AvgIpc) is 2.97. The molecule has 3 atom stereocenters. The molecule has 46 heavy (non-hydrogen) atoms. The Labute approximate surface area is 272 Å². The molecule has 252 valence electrons. The number of carbonyl (C=O) groups is 3. The number of hydrogen-bond donors (Lipinski definition) is 3. The predicted molar refractivity (Wildman–Crippen MR) is 177 cm³/mol. The van der Waals surface area contributed by atoms with Crippen molar-refractivity contribution in [2.75, 3.05) is 14.1 Å². The van der Waals surface area contributed by atoms with Gasteiger partial charge in [-0.15, -0.1) is 0 Å². The van der Waals surface area contributed by atoms with E-state index in [1.807, 2.05) is 83.5 Å². The van der Waals surface area contributed by atoms with Gasteiger partial charge in [-0.3, -0.25) is 24.5 Å². The highest BCUT2D eigenvalue weighted by molar-refractivity contribution is 7.90. The second-order valence-electron chi connectivity index (χ2n) is 13.3. The highest BCUT2D eigenvalue weighted by atomic mass is 32.2. The molecule has 0 fully saturated rings. The lowest BCUT2D eigenvalue weighted by molar-refractivity contribution is -0.387. The zero-order chi connectivity index (χ0) is 35.2. The third-order valence-corrected chi connectivity index (χ3v) is 9.40. The van der Waals surface area contributed by atoms with Crippen LogP contribution in [0.3, 0.4) is 0 Å². The SMILES string of the molecule is CNC(C(=O)NC(C(=O)N(C)C(C=C(C)C(=O)NS(=O)(=O)c1ccccc1[N+](=O)[O-])C(C)C)C(C)(C)C)C(C)(C)c1ccccc1. The lowest BCUT2D eigenvalue weighted by Gasteiger charge is -2.40. The van der Waals surface area contributed by atoms with E-state index in [4.69, 9.17) is 0 Å². The van der Waals surface area contributed by atoms with Gasteiger partial charge in [0.25, 0.3) is 21.6 Å². The van der Waals surface area contributed by atoms with Gasteiger partial charge in [-0.2, -0.15) is 0 Å². The summed E-state index contributed by atoms with van der Waals surface area (Å²) < 4.78 is 27.7. The molecular formula is C33H47N5O7S. The molecule has 3 amide bonds. The Morgan fingerprint density at radius 2 is 1.48 bits per heavy atom. The maximum absolute atomic E-state index is 14.1. The summed E-state index contributed by atoms with van der Waals surface area (Å²) >= 11 is 0. The molecule has 0 saturated carbocycles. The van der Waals surface area contributed by atoms with Crippen molar-refractivity contribution in [3.05, 3.63) is 81.9 Å². The Morgan fingerprint density at radius 3 is 1.98 bits per heavy atom. The predicted octanol–water partition coefficient (Wildman–Crippen LogP) is 3.93. The van der Waals surface area contributed by atoms with Crippen molar-refractivity contribution in [3.63, 3.8) is 0 Å². The number of carbonyl (C=O) groups excluding carboxylic acids is 3. The third-order valence-electron chi connectivity index (χ3n) is 8.03. The van der Waals surface area contributed by atoms with E-state index in [9.17, 15) is 32.9 Å². The number of nitrogens with one attached hydrogen (secondary N) is 3. The Morgan fingerprint density at radius 1 is 0.935 bits per heavy atom. The first-order valence-electron chi connectivity index (χ1n) is 15.0. The molecule has 12 nitrogen and oxygen atoms in total. The summed E-state index contributed by atoms with van der Waals surface area (Å²) in [4.78, 5) is 52.2. The Kier molecular flexibility index (Phi) is 12.4. The quantitative estimate of drug-likeness (QED) is 0.166. The van der Waals surface area contributed by atoms with Crippen molar-refractivity contribution in [2.45, 2.75) is 83.8 Å². The molecule has 0 aliphatic carbocycles. The van der Waals surface area contributed by atoms with Gasteiger partial charge < -0.3 is 15.5 Å². The van der Waals surface area contributed by atoms with E-state index in [0.29, 0.717) is 0 Å². The van der Waals surface area contributed by atoms with Crippen LogP contribution in [0, 0.1) is 21.4 Å². The summed E-state index contributed by atoms with van der Waals surface area (Å²) in [5, 5.41) is 17.4. The topological polar surface area (TPSA) is 168 Å². The maximum atomic E-state index is 14.1.